The molecule has 0 aliphatic rings. The van der Waals surface area contributed by atoms with Crippen molar-refractivity contribution >= 4 is 17.9 Å². The second kappa shape index (κ2) is 10.6. The molecule has 2 aromatic carbocycles. The molecule has 0 unspecified atom stereocenters. The first-order chi connectivity index (χ1) is 14.3. The third-order valence-electron chi connectivity index (χ3n) is 3.71. The number of carbonyl (C=O) groups is 3. The first kappa shape index (κ1) is 22.4. The van der Waals surface area contributed by atoms with Crippen LogP contribution in [0.25, 0.3) is 0 Å². The standard InChI is InChI=1S/C23H22O7/c1-15(2)21(24)27-13-17-5-9-20(10-6-17)30-23(26)18-7-11-19(12-8-18)28-14-29-22(25)16(3)4/h5-12H,1,3,13-14H2,2,4H3. The quantitative estimate of drug-likeness (QED) is 0.267. The molecule has 7 nitrogen and oxygen atoms in total. The van der Waals surface area contributed by atoms with E-state index < -0.39 is 17.9 Å². The van der Waals surface area contributed by atoms with Gasteiger partial charge in [-0.3, -0.25) is 0 Å². The fourth-order valence-electron chi connectivity index (χ4n) is 2.05. The number of esters is 3. The van der Waals surface area contributed by atoms with Crippen LogP contribution in [0.15, 0.2) is 72.8 Å². The van der Waals surface area contributed by atoms with E-state index >= 15 is 0 Å². The molecule has 0 saturated carbocycles. The van der Waals surface area contributed by atoms with Crippen LogP contribution in [-0.4, -0.2) is 24.7 Å². The highest BCUT2D eigenvalue weighted by Gasteiger charge is 2.10. The van der Waals surface area contributed by atoms with Crippen LogP contribution >= 0.6 is 0 Å². The minimum absolute atomic E-state index is 0.100. The van der Waals surface area contributed by atoms with E-state index in [9.17, 15) is 14.4 Å². The molecule has 0 amide bonds. The molecule has 156 valence electrons. The third kappa shape index (κ3) is 6.94. The van der Waals surface area contributed by atoms with Gasteiger partial charge < -0.3 is 18.9 Å². The monoisotopic (exact) mass is 410 g/mol. The highest BCUT2D eigenvalue weighted by atomic mass is 16.7. The van der Waals surface area contributed by atoms with Crippen LogP contribution < -0.4 is 9.47 Å². The van der Waals surface area contributed by atoms with Gasteiger partial charge in [-0.1, -0.05) is 25.3 Å². The number of benzene rings is 2. The Bertz CT molecular complexity index is 941. The van der Waals surface area contributed by atoms with Gasteiger partial charge in [-0.2, -0.15) is 0 Å². The zero-order chi connectivity index (χ0) is 22.1. The summed E-state index contributed by atoms with van der Waals surface area (Å²) in [6, 6.07) is 12.8. The summed E-state index contributed by atoms with van der Waals surface area (Å²) in [6.45, 7) is 9.93. The summed E-state index contributed by atoms with van der Waals surface area (Å²) in [5.41, 5.74) is 1.67. The zero-order valence-corrected chi connectivity index (χ0v) is 16.8. The lowest BCUT2D eigenvalue weighted by molar-refractivity contribution is -0.145. The van der Waals surface area contributed by atoms with Gasteiger partial charge in [-0.15, -0.1) is 0 Å². The van der Waals surface area contributed by atoms with E-state index in [1.165, 1.54) is 19.1 Å². The van der Waals surface area contributed by atoms with Gasteiger partial charge in [0.15, 0.2) is 0 Å². The average Bonchev–Trinajstić information content (AvgIpc) is 2.73. The number of hydrogen-bond donors (Lipinski definition) is 0. The van der Waals surface area contributed by atoms with Crippen LogP contribution in [0.2, 0.25) is 0 Å². The van der Waals surface area contributed by atoms with Crippen molar-refractivity contribution in [2.45, 2.75) is 20.5 Å². The molecular weight excluding hydrogens is 388 g/mol. The SMILES string of the molecule is C=C(C)C(=O)OCOc1ccc(C(=O)Oc2ccc(COC(=O)C(=C)C)cc2)cc1. The van der Waals surface area contributed by atoms with Crippen molar-refractivity contribution in [3.63, 3.8) is 0 Å². The van der Waals surface area contributed by atoms with Crippen LogP contribution in [0.5, 0.6) is 11.5 Å². The minimum atomic E-state index is -0.546. The second-order valence-corrected chi connectivity index (χ2v) is 6.39. The predicted octanol–water partition coefficient (Wildman–Crippen LogP) is 3.98. The van der Waals surface area contributed by atoms with Crippen LogP contribution in [0, 0.1) is 0 Å². The summed E-state index contributed by atoms with van der Waals surface area (Å²) in [7, 11) is 0. The van der Waals surface area contributed by atoms with E-state index in [1.54, 1.807) is 43.3 Å². The van der Waals surface area contributed by atoms with Crippen LogP contribution in [-0.2, 0) is 25.7 Å². The Morgan fingerprint density at radius 3 is 1.87 bits per heavy atom. The van der Waals surface area contributed by atoms with Gasteiger partial charge in [0.2, 0.25) is 6.79 Å². The van der Waals surface area contributed by atoms with Crippen LogP contribution in [0.1, 0.15) is 29.8 Å². The molecule has 0 aliphatic carbocycles. The first-order valence-electron chi connectivity index (χ1n) is 8.95. The Hall–Kier alpha value is -3.87. The topological polar surface area (TPSA) is 88.1 Å². The van der Waals surface area contributed by atoms with Crippen molar-refractivity contribution in [3.8, 4) is 11.5 Å². The van der Waals surface area contributed by atoms with Gasteiger partial charge in [0, 0.05) is 11.1 Å². The van der Waals surface area contributed by atoms with Gasteiger partial charge in [0.25, 0.3) is 0 Å². The molecule has 0 aromatic heterocycles. The van der Waals surface area contributed by atoms with Gasteiger partial charge in [0.05, 0.1) is 5.56 Å². The molecule has 0 heterocycles. The molecule has 2 aromatic rings. The van der Waals surface area contributed by atoms with E-state index in [4.69, 9.17) is 18.9 Å². The Morgan fingerprint density at radius 1 is 0.767 bits per heavy atom. The molecule has 0 saturated heterocycles. The van der Waals surface area contributed by atoms with E-state index in [2.05, 4.69) is 13.2 Å². The maximum atomic E-state index is 12.3. The van der Waals surface area contributed by atoms with Crippen molar-refractivity contribution < 1.29 is 33.3 Å². The van der Waals surface area contributed by atoms with Gasteiger partial charge in [-0.25, -0.2) is 14.4 Å². The Kier molecular flexibility index (Phi) is 7.93. The van der Waals surface area contributed by atoms with Gasteiger partial charge in [0.1, 0.15) is 18.1 Å². The normalized spacial score (nSPS) is 9.93. The zero-order valence-electron chi connectivity index (χ0n) is 16.8. The van der Waals surface area contributed by atoms with E-state index in [0.717, 1.165) is 5.56 Å². The highest BCUT2D eigenvalue weighted by molar-refractivity contribution is 5.91. The number of ether oxygens (including phenoxy) is 4. The Morgan fingerprint density at radius 2 is 1.30 bits per heavy atom. The molecule has 7 heteroatoms. The van der Waals surface area contributed by atoms with Crippen molar-refractivity contribution in [3.05, 3.63) is 84.0 Å². The average molecular weight is 410 g/mol. The summed E-state index contributed by atoms with van der Waals surface area (Å²) in [5.74, 6) is -0.782. The Labute approximate surface area is 174 Å². The highest BCUT2D eigenvalue weighted by Crippen LogP contribution is 2.17. The second-order valence-electron chi connectivity index (χ2n) is 6.39. The molecule has 30 heavy (non-hydrogen) atoms. The van der Waals surface area contributed by atoms with E-state index in [1.807, 2.05) is 0 Å². The minimum Gasteiger partial charge on any atom is -0.457 e. The fourth-order valence-corrected chi connectivity index (χ4v) is 2.05. The van der Waals surface area contributed by atoms with Gasteiger partial charge >= 0.3 is 17.9 Å². The van der Waals surface area contributed by atoms with Crippen molar-refractivity contribution in [2.24, 2.45) is 0 Å². The summed E-state index contributed by atoms with van der Waals surface area (Å²) in [4.78, 5) is 34.9. The van der Waals surface area contributed by atoms with E-state index in [0.29, 0.717) is 22.6 Å². The number of rotatable bonds is 9. The maximum Gasteiger partial charge on any atom is 0.343 e. The smallest absolute Gasteiger partial charge is 0.343 e. The predicted molar refractivity (Wildman–Crippen MR) is 109 cm³/mol. The van der Waals surface area contributed by atoms with Crippen molar-refractivity contribution in [1.29, 1.82) is 0 Å². The lowest BCUT2D eigenvalue weighted by Gasteiger charge is -2.09. The molecule has 0 fully saturated rings. The lowest BCUT2D eigenvalue weighted by Crippen LogP contribution is -2.11. The molecule has 0 atom stereocenters. The Balaban J connectivity index is 1.85. The van der Waals surface area contributed by atoms with Crippen LogP contribution in [0.4, 0.5) is 0 Å². The lowest BCUT2D eigenvalue weighted by atomic mass is 10.2. The third-order valence-corrected chi connectivity index (χ3v) is 3.71. The largest absolute Gasteiger partial charge is 0.457 e. The van der Waals surface area contributed by atoms with Crippen molar-refractivity contribution in [2.75, 3.05) is 6.79 Å². The van der Waals surface area contributed by atoms with Crippen LogP contribution in [0.3, 0.4) is 0 Å². The molecule has 0 N–H and O–H groups in total. The summed E-state index contributed by atoms with van der Waals surface area (Å²) in [6.07, 6.45) is 0. The van der Waals surface area contributed by atoms with Gasteiger partial charge in [-0.05, 0) is 55.8 Å². The molecule has 0 bridgehead atoms. The summed E-state index contributed by atoms with van der Waals surface area (Å²) < 4.78 is 20.5. The maximum absolute atomic E-state index is 12.3. The number of carbonyl (C=O) groups excluding carboxylic acids is 3. The first-order valence-corrected chi connectivity index (χ1v) is 8.95. The molecule has 0 radical (unpaired) electrons. The van der Waals surface area contributed by atoms with Crippen molar-refractivity contribution in [1.82, 2.24) is 0 Å². The fraction of sp³-hybridized carbons (Fsp3) is 0.174. The summed E-state index contributed by atoms with van der Waals surface area (Å²) in [5, 5.41) is 0. The molecule has 2 rings (SSSR count). The molecular formula is C23H22O7. The molecule has 0 aliphatic heterocycles. The number of hydrogen-bond acceptors (Lipinski definition) is 7. The molecule has 0 spiro atoms. The summed E-state index contributed by atoms with van der Waals surface area (Å²) >= 11 is 0. The van der Waals surface area contributed by atoms with E-state index in [-0.39, 0.29) is 19.0 Å².